The summed E-state index contributed by atoms with van der Waals surface area (Å²) in [6, 6.07) is 69.7. The lowest BCUT2D eigenvalue weighted by Crippen LogP contribution is -2.14. The highest BCUT2D eigenvalue weighted by molar-refractivity contribution is 6.28. The highest BCUT2D eigenvalue weighted by Gasteiger charge is 2.29. The fourth-order valence-electron chi connectivity index (χ4n) is 12.9. The molecule has 0 saturated heterocycles. The Labute approximate surface area is 499 Å². The molecule has 0 aliphatic heterocycles. The van der Waals surface area contributed by atoms with Crippen molar-refractivity contribution in [3.8, 4) is 44.5 Å². The molecule has 16 rings (SSSR count). The van der Waals surface area contributed by atoms with Crippen LogP contribution in [0.1, 0.15) is 13.7 Å². The quantitative estimate of drug-likeness (QED) is 0.126. The van der Waals surface area contributed by atoms with E-state index >= 15 is 8.78 Å². The molecule has 0 unspecified atom stereocenters. The van der Waals surface area contributed by atoms with Gasteiger partial charge in [0.25, 0.3) is 0 Å². The van der Waals surface area contributed by atoms with Gasteiger partial charge in [0.05, 0.1) is 36.5 Å². The molecule has 2 nitrogen and oxygen atoms in total. The summed E-state index contributed by atoms with van der Waals surface area (Å²) in [5.41, 5.74) is 3.87. The van der Waals surface area contributed by atoms with Crippen molar-refractivity contribution < 1.29 is 22.5 Å². The average molecular weight is 1090 g/mol. The van der Waals surface area contributed by atoms with Gasteiger partial charge in [-0.3, -0.25) is 0 Å². The standard InChI is InChI=1S/C80H50F2N2/c81-79-73(49-45-67(63-35-15-23-51-19-7-11-31-59(51)63)77(79)65-37-17-25-53-21-9-13-33-61(53)65)83(57-27-3-1-4-28-57)71-47-41-55-40-44-70-72(48-42-56-39-43-69(71)75(55)76(56)70)84(58-29-5-2-6-30-58)74-50-46-68(64-36-16-24-52-20-8-12-32-60(52)64)78(80(74)82)66-38-18-26-54-22-10-14-34-62(54)66/h1-50H/i1D,2D,3D,4D,5D,6D,27D,28D,29D,30D. The zero-order chi connectivity index (χ0) is 64.5. The van der Waals surface area contributed by atoms with E-state index in [1.807, 2.05) is 218 Å². The molecule has 0 aromatic heterocycles. The van der Waals surface area contributed by atoms with Gasteiger partial charge in [0, 0.05) is 33.3 Å². The molecule has 0 heterocycles. The minimum Gasteiger partial charge on any atom is -0.307 e. The molecule has 0 spiro atoms. The number of hydrogen-bond donors (Lipinski definition) is 0. The molecule has 0 aliphatic rings. The first-order chi connectivity index (χ1) is 45.7. The number of para-hydroxylation sites is 2. The van der Waals surface area contributed by atoms with Gasteiger partial charge in [-0.1, -0.05) is 255 Å². The van der Waals surface area contributed by atoms with E-state index in [9.17, 15) is 5.48 Å². The number of hydrogen-bond acceptors (Lipinski definition) is 2. The van der Waals surface area contributed by atoms with Gasteiger partial charge in [-0.05, 0) is 146 Å². The Hall–Kier alpha value is -10.9. The number of anilines is 6. The van der Waals surface area contributed by atoms with E-state index < -0.39 is 72.1 Å². The first-order valence-electron chi connectivity index (χ1n) is 32.7. The lowest BCUT2D eigenvalue weighted by molar-refractivity contribution is 0.632. The minimum atomic E-state index is -0.729. The summed E-state index contributed by atoms with van der Waals surface area (Å²) in [5.74, 6) is -1.46. The Morgan fingerprint density at radius 3 is 0.929 bits per heavy atom. The maximum Gasteiger partial charge on any atom is 0.155 e. The SMILES string of the molecule is [2H]c1c([2H])c([2H])c(N(c2ccc(-c3cccc4ccccc34)c(-c3cccc4ccccc34)c2F)c2ccc3ccc4c(N(c5ccc(-c6cccc7ccccc67)c(-c6cccc7ccccc67)c5F)c5c([2H])c([2H])c([2H])c([2H])c5[2H])ccc5ccc2c3c54)c([2H])c1[2H]. The molecule has 0 atom stereocenters. The predicted octanol–water partition coefficient (Wildman–Crippen LogP) is 23.1. The maximum atomic E-state index is 19.4. The summed E-state index contributed by atoms with van der Waals surface area (Å²) in [6.07, 6.45) is 0. The molecule has 4 heteroatoms. The Morgan fingerprint density at radius 1 is 0.238 bits per heavy atom. The van der Waals surface area contributed by atoms with Gasteiger partial charge in [0.1, 0.15) is 0 Å². The zero-order valence-electron chi connectivity index (χ0n) is 54.7. The van der Waals surface area contributed by atoms with Crippen LogP contribution in [0.3, 0.4) is 0 Å². The average Bonchev–Trinajstić information content (AvgIpc) is 0.709. The van der Waals surface area contributed by atoms with Crippen molar-refractivity contribution in [2.24, 2.45) is 0 Å². The molecule has 16 aromatic carbocycles. The highest BCUT2D eigenvalue weighted by atomic mass is 19.1. The Morgan fingerprint density at radius 2 is 0.548 bits per heavy atom. The molecule has 16 aromatic rings. The summed E-state index contributed by atoms with van der Waals surface area (Å²) in [6.45, 7) is 0. The fourth-order valence-corrected chi connectivity index (χ4v) is 12.9. The molecule has 394 valence electrons. The van der Waals surface area contributed by atoms with Crippen LogP contribution in [0.2, 0.25) is 0 Å². The second kappa shape index (κ2) is 19.9. The maximum absolute atomic E-state index is 19.4. The van der Waals surface area contributed by atoms with Crippen LogP contribution in [0.5, 0.6) is 0 Å². The van der Waals surface area contributed by atoms with E-state index in [1.165, 1.54) is 9.80 Å². The van der Waals surface area contributed by atoms with Gasteiger partial charge >= 0.3 is 0 Å². The van der Waals surface area contributed by atoms with E-state index in [1.54, 1.807) is 24.3 Å². The van der Waals surface area contributed by atoms with Crippen molar-refractivity contribution in [3.63, 3.8) is 0 Å². The largest absolute Gasteiger partial charge is 0.307 e. The van der Waals surface area contributed by atoms with Crippen molar-refractivity contribution in [2.45, 2.75) is 0 Å². The van der Waals surface area contributed by atoms with Gasteiger partial charge in [0.15, 0.2) is 11.6 Å². The van der Waals surface area contributed by atoms with Crippen LogP contribution in [-0.2, 0) is 0 Å². The lowest BCUT2D eigenvalue weighted by atomic mass is 9.88. The lowest BCUT2D eigenvalue weighted by Gasteiger charge is -2.30. The summed E-state index contributed by atoms with van der Waals surface area (Å²) >= 11 is 0. The van der Waals surface area contributed by atoms with Gasteiger partial charge in [-0.25, -0.2) is 8.78 Å². The Bertz CT molecular complexity index is 5460. The summed E-state index contributed by atoms with van der Waals surface area (Å²) in [4.78, 5) is 2.84. The molecule has 0 radical (unpaired) electrons. The third-order valence-corrected chi connectivity index (χ3v) is 16.5. The van der Waals surface area contributed by atoms with E-state index in [0.717, 1.165) is 54.2 Å². The van der Waals surface area contributed by atoms with Crippen molar-refractivity contribution in [1.29, 1.82) is 0 Å². The van der Waals surface area contributed by atoms with E-state index in [-0.39, 0.29) is 45.3 Å². The van der Waals surface area contributed by atoms with Gasteiger partial charge < -0.3 is 9.80 Å². The van der Waals surface area contributed by atoms with Crippen LogP contribution in [0.25, 0.3) is 120 Å². The smallest absolute Gasteiger partial charge is 0.155 e. The molecule has 0 amide bonds. The number of fused-ring (bicyclic) bond motifs is 4. The zero-order valence-corrected chi connectivity index (χ0v) is 44.7. The van der Waals surface area contributed by atoms with E-state index in [4.69, 9.17) is 8.22 Å². The van der Waals surface area contributed by atoms with Crippen LogP contribution in [0.4, 0.5) is 42.9 Å². The molecule has 0 fully saturated rings. The molecular formula is C80H50F2N2. The van der Waals surface area contributed by atoms with Crippen LogP contribution in [-0.4, -0.2) is 0 Å². The normalized spacial score (nSPS) is 13.4. The van der Waals surface area contributed by atoms with Crippen molar-refractivity contribution in [1.82, 2.24) is 0 Å². The third kappa shape index (κ3) is 7.83. The van der Waals surface area contributed by atoms with Crippen molar-refractivity contribution >= 4 is 110 Å². The summed E-state index contributed by atoms with van der Waals surface area (Å²) < 4.78 is 131. The molecule has 0 N–H and O–H groups in total. The Balaban J connectivity index is 0.990. The highest BCUT2D eigenvalue weighted by Crippen LogP contribution is 2.52. The van der Waals surface area contributed by atoms with Crippen molar-refractivity contribution in [3.05, 3.63) is 315 Å². The van der Waals surface area contributed by atoms with Crippen LogP contribution in [0, 0.1) is 11.6 Å². The van der Waals surface area contributed by atoms with E-state index in [0.29, 0.717) is 54.6 Å². The number of benzene rings is 16. The van der Waals surface area contributed by atoms with Crippen LogP contribution < -0.4 is 9.80 Å². The van der Waals surface area contributed by atoms with Gasteiger partial charge in [0.2, 0.25) is 0 Å². The second-order valence-corrected chi connectivity index (χ2v) is 21.0. The predicted molar refractivity (Wildman–Crippen MR) is 351 cm³/mol. The van der Waals surface area contributed by atoms with Crippen molar-refractivity contribution in [2.75, 3.05) is 9.80 Å². The second-order valence-electron chi connectivity index (χ2n) is 21.0. The molecule has 0 aliphatic carbocycles. The topological polar surface area (TPSA) is 6.48 Å². The fraction of sp³-hybridized carbons (Fsp3) is 0. The van der Waals surface area contributed by atoms with Gasteiger partial charge in [-0.15, -0.1) is 0 Å². The first-order valence-corrected chi connectivity index (χ1v) is 27.7. The molecule has 84 heavy (non-hydrogen) atoms. The number of rotatable bonds is 10. The monoisotopic (exact) mass is 1090 g/mol. The minimum absolute atomic E-state index is 0.113. The van der Waals surface area contributed by atoms with E-state index in [2.05, 4.69) is 0 Å². The Kier molecular flexibility index (Phi) is 9.37. The van der Waals surface area contributed by atoms with Crippen LogP contribution in [0.15, 0.2) is 303 Å². The summed E-state index contributed by atoms with van der Waals surface area (Å²) in [5, 5.41) is 10.4. The first kappa shape index (κ1) is 39.5. The molecule has 0 bridgehead atoms. The van der Waals surface area contributed by atoms with Crippen LogP contribution >= 0.6 is 0 Å². The third-order valence-electron chi connectivity index (χ3n) is 16.5. The van der Waals surface area contributed by atoms with Gasteiger partial charge in [-0.2, -0.15) is 0 Å². The summed E-state index contributed by atoms with van der Waals surface area (Å²) in [7, 11) is 0. The molecular weight excluding hydrogens is 1030 g/mol. The number of nitrogens with zero attached hydrogens (tertiary/aromatic N) is 2. The number of halogens is 2. The molecule has 0 saturated carbocycles.